The molecule has 0 radical (unpaired) electrons. The fraction of sp³-hybridized carbons (Fsp3) is 0.333. The van der Waals surface area contributed by atoms with Crippen molar-refractivity contribution in [1.82, 2.24) is 20.5 Å². The van der Waals surface area contributed by atoms with Crippen LogP contribution in [0, 0.1) is 0 Å². The molecule has 2 fully saturated rings. The summed E-state index contributed by atoms with van der Waals surface area (Å²) in [5.74, 6) is -0.939. The maximum Gasteiger partial charge on any atom is 0.335 e. The first kappa shape index (κ1) is 18.9. The summed E-state index contributed by atoms with van der Waals surface area (Å²) >= 11 is 0. The van der Waals surface area contributed by atoms with Crippen LogP contribution in [0.5, 0.6) is 0 Å². The third kappa shape index (κ3) is 4.21. The monoisotopic (exact) mass is 394 g/mol. The van der Waals surface area contributed by atoms with Gasteiger partial charge in [-0.3, -0.25) is 9.78 Å². The minimum absolute atomic E-state index is 0.0518. The highest BCUT2D eigenvalue weighted by atomic mass is 16.4. The number of hydrogen-bond acceptors (Lipinski definition) is 4. The Balaban J connectivity index is 1.41. The quantitative estimate of drug-likeness (QED) is 0.695. The third-order valence-electron chi connectivity index (χ3n) is 5.30. The van der Waals surface area contributed by atoms with Crippen LogP contribution in [0.2, 0.25) is 0 Å². The van der Waals surface area contributed by atoms with Crippen molar-refractivity contribution >= 4 is 17.9 Å². The minimum atomic E-state index is -0.991. The molecule has 1 aliphatic carbocycles. The summed E-state index contributed by atoms with van der Waals surface area (Å²) in [6.07, 6.45) is 5.68. The predicted octanol–water partition coefficient (Wildman–Crippen LogP) is 2.08. The summed E-state index contributed by atoms with van der Waals surface area (Å²) in [4.78, 5) is 42.0. The molecule has 1 saturated heterocycles. The van der Waals surface area contributed by atoms with Crippen molar-refractivity contribution in [2.24, 2.45) is 0 Å². The van der Waals surface area contributed by atoms with Crippen molar-refractivity contribution in [2.75, 3.05) is 0 Å². The van der Waals surface area contributed by atoms with Crippen molar-refractivity contribution in [3.63, 3.8) is 0 Å². The van der Waals surface area contributed by atoms with Gasteiger partial charge in [-0.2, -0.15) is 0 Å². The summed E-state index contributed by atoms with van der Waals surface area (Å²) in [6.45, 7) is 0.260. The van der Waals surface area contributed by atoms with Crippen LogP contribution in [0.1, 0.15) is 46.8 Å². The minimum Gasteiger partial charge on any atom is -0.478 e. The van der Waals surface area contributed by atoms with Crippen LogP contribution >= 0.6 is 0 Å². The van der Waals surface area contributed by atoms with Crippen molar-refractivity contribution in [3.8, 4) is 0 Å². The van der Waals surface area contributed by atoms with Gasteiger partial charge in [0.15, 0.2) is 0 Å². The molecule has 2 aliphatic rings. The van der Waals surface area contributed by atoms with Crippen LogP contribution in [0.3, 0.4) is 0 Å². The van der Waals surface area contributed by atoms with Gasteiger partial charge in [0.05, 0.1) is 17.6 Å². The highest BCUT2D eigenvalue weighted by Crippen LogP contribution is 2.41. The van der Waals surface area contributed by atoms with Gasteiger partial charge in [-0.25, -0.2) is 9.59 Å². The Morgan fingerprint density at radius 3 is 2.55 bits per heavy atom. The van der Waals surface area contributed by atoms with Crippen molar-refractivity contribution in [1.29, 1.82) is 0 Å². The van der Waals surface area contributed by atoms with Crippen molar-refractivity contribution in [3.05, 3.63) is 65.5 Å². The number of aromatic carboxylic acids is 1. The molecule has 0 unspecified atom stereocenters. The summed E-state index contributed by atoms with van der Waals surface area (Å²) in [7, 11) is 0. The summed E-state index contributed by atoms with van der Waals surface area (Å²) in [5, 5.41) is 14.7. The lowest BCUT2D eigenvalue weighted by Gasteiger charge is -2.28. The number of carboxylic acids is 1. The molecule has 0 bridgehead atoms. The molecule has 150 valence electrons. The topological polar surface area (TPSA) is 112 Å². The molecule has 1 saturated carbocycles. The number of hydrogen-bond donors (Lipinski definition) is 3. The maximum absolute atomic E-state index is 12.6. The van der Waals surface area contributed by atoms with E-state index >= 15 is 0 Å². The van der Waals surface area contributed by atoms with E-state index in [1.54, 1.807) is 24.5 Å². The number of carboxylic acid groups (broad SMARTS) is 1. The predicted molar refractivity (Wildman–Crippen MR) is 104 cm³/mol. The molecule has 8 heteroatoms. The SMILES string of the molecule is O=C(NCc1ccc(C(=O)O)cc1)N[C@@H]1CC(=O)N(C2CC2)[C@H]1c1cccnc1. The van der Waals surface area contributed by atoms with E-state index in [0.717, 1.165) is 24.0 Å². The van der Waals surface area contributed by atoms with Gasteiger partial charge < -0.3 is 20.6 Å². The zero-order valence-electron chi connectivity index (χ0n) is 15.7. The molecule has 4 rings (SSSR count). The van der Waals surface area contributed by atoms with Gasteiger partial charge >= 0.3 is 12.0 Å². The number of likely N-dealkylation sites (tertiary alicyclic amines) is 1. The molecular weight excluding hydrogens is 372 g/mol. The molecule has 1 aromatic carbocycles. The zero-order chi connectivity index (χ0) is 20.4. The average Bonchev–Trinajstić information content (AvgIpc) is 3.50. The number of nitrogens with one attached hydrogen (secondary N) is 2. The molecule has 3 amide bonds. The van der Waals surface area contributed by atoms with Crippen LogP contribution in [0.15, 0.2) is 48.8 Å². The Labute approximate surface area is 167 Å². The average molecular weight is 394 g/mol. The van der Waals surface area contributed by atoms with E-state index < -0.39 is 5.97 Å². The zero-order valence-corrected chi connectivity index (χ0v) is 15.7. The number of rotatable bonds is 6. The second kappa shape index (κ2) is 7.90. The number of carbonyl (C=O) groups excluding carboxylic acids is 2. The van der Waals surface area contributed by atoms with E-state index in [2.05, 4.69) is 15.6 Å². The van der Waals surface area contributed by atoms with Gasteiger partial charge in [0.25, 0.3) is 0 Å². The van der Waals surface area contributed by atoms with Crippen LogP contribution in [0.25, 0.3) is 0 Å². The van der Waals surface area contributed by atoms with E-state index in [1.165, 1.54) is 12.1 Å². The first-order chi connectivity index (χ1) is 14.0. The number of amides is 3. The van der Waals surface area contributed by atoms with Crippen molar-refractivity contribution < 1.29 is 19.5 Å². The molecule has 1 aromatic heterocycles. The number of nitrogens with zero attached hydrogens (tertiary/aromatic N) is 2. The van der Waals surface area contributed by atoms with Crippen molar-refractivity contribution in [2.45, 2.75) is 43.9 Å². The summed E-state index contributed by atoms with van der Waals surface area (Å²) in [6, 6.07) is 9.42. The van der Waals surface area contributed by atoms with E-state index in [1.807, 2.05) is 17.0 Å². The third-order valence-corrected chi connectivity index (χ3v) is 5.30. The lowest BCUT2D eigenvalue weighted by atomic mass is 10.0. The van der Waals surface area contributed by atoms with E-state index in [9.17, 15) is 14.4 Å². The highest BCUT2D eigenvalue weighted by molar-refractivity contribution is 5.87. The normalized spacial score (nSPS) is 21.1. The Morgan fingerprint density at radius 2 is 1.93 bits per heavy atom. The Kier molecular flexibility index (Phi) is 5.16. The van der Waals surface area contributed by atoms with Gasteiger partial charge in [0.1, 0.15) is 0 Å². The highest BCUT2D eigenvalue weighted by Gasteiger charge is 2.47. The lowest BCUT2D eigenvalue weighted by Crippen LogP contribution is -2.44. The summed E-state index contributed by atoms with van der Waals surface area (Å²) < 4.78 is 0. The van der Waals surface area contributed by atoms with Gasteiger partial charge in [-0.15, -0.1) is 0 Å². The Morgan fingerprint density at radius 1 is 1.17 bits per heavy atom. The second-order valence-corrected chi connectivity index (χ2v) is 7.40. The molecule has 2 aromatic rings. The molecule has 0 spiro atoms. The lowest BCUT2D eigenvalue weighted by molar-refractivity contribution is -0.129. The molecule has 2 atom stereocenters. The largest absolute Gasteiger partial charge is 0.478 e. The van der Waals surface area contributed by atoms with Crippen LogP contribution in [0.4, 0.5) is 4.79 Å². The Bertz CT molecular complexity index is 912. The summed E-state index contributed by atoms with van der Waals surface area (Å²) in [5.41, 5.74) is 1.90. The van der Waals surface area contributed by atoms with E-state index in [-0.39, 0.29) is 48.6 Å². The van der Waals surface area contributed by atoms with Crippen LogP contribution < -0.4 is 10.6 Å². The first-order valence-corrected chi connectivity index (χ1v) is 9.60. The van der Waals surface area contributed by atoms with Crippen LogP contribution in [-0.2, 0) is 11.3 Å². The molecular formula is C21H22N4O4. The number of aromatic nitrogens is 1. The van der Waals surface area contributed by atoms with Gasteiger partial charge in [-0.1, -0.05) is 18.2 Å². The van der Waals surface area contributed by atoms with Gasteiger partial charge in [0.2, 0.25) is 5.91 Å². The van der Waals surface area contributed by atoms with E-state index in [4.69, 9.17) is 5.11 Å². The number of pyridine rings is 1. The number of carbonyl (C=O) groups is 3. The second-order valence-electron chi connectivity index (χ2n) is 7.40. The molecule has 2 heterocycles. The number of benzene rings is 1. The van der Waals surface area contributed by atoms with Gasteiger partial charge in [0, 0.05) is 31.4 Å². The smallest absolute Gasteiger partial charge is 0.335 e. The molecule has 29 heavy (non-hydrogen) atoms. The molecule has 3 N–H and O–H groups in total. The van der Waals surface area contributed by atoms with E-state index in [0.29, 0.717) is 0 Å². The molecule has 1 aliphatic heterocycles. The van der Waals surface area contributed by atoms with Gasteiger partial charge in [-0.05, 0) is 42.2 Å². The fourth-order valence-corrected chi connectivity index (χ4v) is 3.78. The fourth-order valence-electron chi connectivity index (χ4n) is 3.78. The maximum atomic E-state index is 12.6. The number of urea groups is 1. The standard InChI is InChI=1S/C21H22N4O4/c26-18-10-17(19(25(18)16-7-8-16)15-2-1-9-22-12-15)24-21(29)23-11-13-3-5-14(6-4-13)20(27)28/h1-6,9,12,16-17,19H,7-8,10-11H2,(H,27,28)(H2,23,24,29)/t17-,19+/m1/s1. The first-order valence-electron chi connectivity index (χ1n) is 9.60. The Hall–Kier alpha value is -3.42. The molecule has 8 nitrogen and oxygen atoms in total. The van der Waals surface area contributed by atoms with Crippen LogP contribution in [-0.4, -0.2) is 45.0 Å².